The summed E-state index contributed by atoms with van der Waals surface area (Å²) in [7, 11) is 1.79. The van der Waals surface area contributed by atoms with E-state index in [4.69, 9.17) is 4.52 Å². The topological polar surface area (TPSA) is 62.5 Å². The average Bonchev–Trinajstić information content (AvgIpc) is 3.03. The predicted molar refractivity (Wildman–Crippen MR) is 106 cm³/mol. The lowest BCUT2D eigenvalue weighted by atomic mass is 10.1. The SMILES string of the molecule is CCc1noc(CC)c1CNC(=NC)NCCCc1cccc(Br)c1. The fraction of sp³-hybridized carbons (Fsp3) is 0.474. The van der Waals surface area contributed by atoms with Gasteiger partial charge in [0.05, 0.1) is 5.69 Å². The Morgan fingerprint density at radius 1 is 1.24 bits per heavy atom. The van der Waals surface area contributed by atoms with Crippen LogP contribution in [-0.2, 0) is 25.8 Å². The Morgan fingerprint density at radius 3 is 2.76 bits per heavy atom. The van der Waals surface area contributed by atoms with Gasteiger partial charge in [-0.2, -0.15) is 0 Å². The number of nitrogens with one attached hydrogen (secondary N) is 2. The number of rotatable bonds is 8. The van der Waals surface area contributed by atoms with Crippen LogP contribution in [-0.4, -0.2) is 24.7 Å². The molecule has 1 aromatic heterocycles. The van der Waals surface area contributed by atoms with Crippen molar-refractivity contribution >= 4 is 21.9 Å². The fourth-order valence-electron chi connectivity index (χ4n) is 2.72. The van der Waals surface area contributed by atoms with E-state index in [9.17, 15) is 0 Å². The van der Waals surface area contributed by atoms with E-state index < -0.39 is 0 Å². The monoisotopic (exact) mass is 406 g/mol. The van der Waals surface area contributed by atoms with Gasteiger partial charge < -0.3 is 15.2 Å². The molecule has 1 heterocycles. The van der Waals surface area contributed by atoms with Gasteiger partial charge in [-0.3, -0.25) is 4.99 Å². The Bertz CT molecular complexity index is 675. The van der Waals surface area contributed by atoms with Crippen LogP contribution in [0.4, 0.5) is 0 Å². The number of guanidine groups is 1. The van der Waals surface area contributed by atoms with Gasteiger partial charge in [0.2, 0.25) is 0 Å². The van der Waals surface area contributed by atoms with Gasteiger partial charge in [0.15, 0.2) is 5.96 Å². The Morgan fingerprint density at radius 2 is 2.08 bits per heavy atom. The second-order valence-electron chi connectivity index (χ2n) is 5.82. The highest BCUT2D eigenvalue weighted by molar-refractivity contribution is 9.10. The molecular weight excluding hydrogens is 380 g/mol. The summed E-state index contributed by atoms with van der Waals surface area (Å²) in [6.07, 6.45) is 3.81. The highest BCUT2D eigenvalue weighted by atomic mass is 79.9. The fourth-order valence-corrected chi connectivity index (χ4v) is 3.17. The van der Waals surface area contributed by atoms with Crippen molar-refractivity contribution in [2.75, 3.05) is 13.6 Å². The van der Waals surface area contributed by atoms with E-state index in [1.807, 2.05) is 6.07 Å². The summed E-state index contributed by atoms with van der Waals surface area (Å²) in [5.74, 6) is 1.76. The standard InChI is InChI=1S/C19H27BrN4O/c1-4-17-16(18(5-2)25-24-17)13-23-19(21-3)22-11-7-9-14-8-6-10-15(20)12-14/h6,8,10,12H,4-5,7,9,11,13H2,1-3H3,(H2,21,22,23). The van der Waals surface area contributed by atoms with Crippen LogP contribution in [0.3, 0.4) is 0 Å². The molecule has 0 saturated carbocycles. The second kappa shape index (κ2) is 10.2. The summed E-state index contributed by atoms with van der Waals surface area (Å²) in [6, 6.07) is 8.44. The smallest absolute Gasteiger partial charge is 0.191 e. The number of benzene rings is 1. The van der Waals surface area contributed by atoms with E-state index in [1.54, 1.807) is 7.05 Å². The third-order valence-corrected chi connectivity index (χ3v) is 4.58. The van der Waals surface area contributed by atoms with Gasteiger partial charge in [-0.15, -0.1) is 0 Å². The number of aryl methyl sites for hydroxylation is 3. The first-order valence-electron chi connectivity index (χ1n) is 8.83. The summed E-state index contributed by atoms with van der Waals surface area (Å²) in [6.45, 7) is 5.73. The third-order valence-electron chi connectivity index (χ3n) is 4.09. The minimum absolute atomic E-state index is 0.682. The lowest BCUT2D eigenvalue weighted by molar-refractivity contribution is 0.380. The molecule has 1 aromatic carbocycles. The normalized spacial score (nSPS) is 11.6. The minimum atomic E-state index is 0.682. The second-order valence-corrected chi connectivity index (χ2v) is 6.74. The number of halogens is 1. The van der Waals surface area contributed by atoms with Crippen molar-refractivity contribution in [2.45, 2.75) is 46.1 Å². The molecule has 0 aliphatic heterocycles. The largest absolute Gasteiger partial charge is 0.361 e. The van der Waals surface area contributed by atoms with Crippen molar-refractivity contribution in [3.05, 3.63) is 51.3 Å². The highest BCUT2D eigenvalue weighted by Gasteiger charge is 2.13. The maximum atomic E-state index is 5.40. The summed E-state index contributed by atoms with van der Waals surface area (Å²) in [4.78, 5) is 4.29. The lowest BCUT2D eigenvalue weighted by Crippen LogP contribution is -2.37. The van der Waals surface area contributed by atoms with Gasteiger partial charge in [0.1, 0.15) is 5.76 Å². The van der Waals surface area contributed by atoms with Crippen LogP contribution in [0.15, 0.2) is 38.3 Å². The van der Waals surface area contributed by atoms with E-state index in [0.717, 1.165) is 59.7 Å². The first kappa shape index (κ1) is 19.5. The first-order chi connectivity index (χ1) is 12.2. The molecule has 0 aliphatic rings. The first-order valence-corrected chi connectivity index (χ1v) is 9.62. The highest BCUT2D eigenvalue weighted by Crippen LogP contribution is 2.15. The van der Waals surface area contributed by atoms with Crippen molar-refractivity contribution in [2.24, 2.45) is 4.99 Å². The van der Waals surface area contributed by atoms with Crippen molar-refractivity contribution in [3.63, 3.8) is 0 Å². The summed E-state index contributed by atoms with van der Waals surface area (Å²) in [5, 5.41) is 10.9. The van der Waals surface area contributed by atoms with Gasteiger partial charge >= 0.3 is 0 Å². The van der Waals surface area contributed by atoms with Crippen molar-refractivity contribution in [1.29, 1.82) is 0 Å². The summed E-state index contributed by atoms with van der Waals surface area (Å²) >= 11 is 3.51. The molecular formula is C19H27BrN4O. The zero-order valence-corrected chi connectivity index (χ0v) is 16.8. The zero-order valence-electron chi connectivity index (χ0n) is 15.2. The number of hydrogen-bond acceptors (Lipinski definition) is 3. The molecule has 2 rings (SSSR count). The summed E-state index contributed by atoms with van der Waals surface area (Å²) < 4.78 is 6.53. The molecule has 25 heavy (non-hydrogen) atoms. The Hall–Kier alpha value is -1.82. The van der Waals surface area contributed by atoms with Crippen LogP contribution in [0.1, 0.15) is 42.8 Å². The van der Waals surface area contributed by atoms with Crippen molar-refractivity contribution in [1.82, 2.24) is 15.8 Å². The quantitative estimate of drug-likeness (QED) is 0.396. The summed E-state index contributed by atoms with van der Waals surface area (Å²) in [5.41, 5.74) is 3.51. The van der Waals surface area contributed by atoms with Crippen LogP contribution in [0.25, 0.3) is 0 Å². The third kappa shape index (κ3) is 5.88. The predicted octanol–water partition coefficient (Wildman–Crippen LogP) is 3.86. The Kier molecular flexibility index (Phi) is 7.98. The van der Waals surface area contributed by atoms with E-state index in [1.165, 1.54) is 5.56 Å². The molecule has 0 spiro atoms. The average molecular weight is 407 g/mol. The number of aromatic nitrogens is 1. The van der Waals surface area contributed by atoms with Crippen molar-refractivity contribution < 1.29 is 4.52 Å². The van der Waals surface area contributed by atoms with Gasteiger partial charge in [0, 0.05) is 36.6 Å². The van der Waals surface area contributed by atoms with Gasteiger partial charge in [0.25, 0.3) is 0 Å². The number of nitrogens with zero attached hydrogens (tertiary/aromatic N) is 2. The molecule has 0 atom stereocenters. The zero-order chi connectivity index (χ0) is 18.1. The van der Waals surface area contributed by atoms with E-state index >= 15 is 0 Å². The maximum Gasteiger partial charge on any atom is 0.191 e. The van der Waals surface area contributed by atoms with Gasteiger partial charge in [-0.05, 0) is 37.0 Å². The van der Waals surface area contributed by atoms with E-state index in [0.29, 0.717) is 6.54 Å². The van der Waals surface area contributed by atoms with Crippen LogP contribution >= 0.6 is 15.9 Å². The molecule has 0 amide bonds. The van der Waals surface area contributed by atoms with Crippen molar-refractivity contribution in [3.8, 4) is 0 Å². The molecule has 0 unspecified atom stereocenters. The Balaban J connectivity index is 1.78. The minimum Gasteiger partial charge on any atom is -0.361 e. The molecule has 5 nitrogen and oxygen atoms in total. The lowest BCUT2D eigenvalue weighted by Gasteiger charge is -2.12. The molecule has 6 heteroatoms. The molecule has 0 bridgehead atoms. The number of hydrogen-bond donors (Lipinski definition) is 2. The van der Waals surface area contributed by atoms with E-state index in [-0.39, 0.29) is 0 Å². The molecule has 0 aliphatic carbocycles. The molecule has 0 radical (unpaired) electrons. The molecule has 2 aromatic rings. The van der Waals surface area contributed by atoms with Crippen LogP contribution in [0.5, 0.6) is 0 Å². The van der Waals surface area contributed by atoms with Gasteiger partial charge in [-0.25, -0.2) is 0 Å². The van der Waals surface area contributed by atoms with Crippen LogP contribution in [0, 0.1) is 0 Å². The maximum absolute atomic E-state index is 5.40. The van der Waals surface area contributed by atoms with Crippen LogP contribution < -0.4 is 10.6 Å². The molecule has 0 fully saturated rings. The Labute approximate surface area is 158 Å². The molecule has 0 saturated heterocycles. The number of aliphatic imine (C=N–C) groups is 1. The molecule has 2 N–H and O–H groups in total. The van der Waals surface area contributed by atoms with E-state index in [2.05, 4.69) is 68.8 Å². The van der Waals surface area contributed by atoms with Gasteiger partial charge in [-0.1, -0.05) is 47.1 Å². The van der Waals surface area contributed by atoms with Crippen LogP contribution in [0.2, 0.25) is 0 Å². The molecule has 136 valence electrons.